The predicted molar refractivity (Wildman–Crippen MR) is 108 cm³/mol. The number of piperidine rings is 1. The third kappa shape index (κ3) is 4.55. The Hall–Kier alpha value is -2.98. The zero-order chi connectivity index (χ0) is 20.2. The summed E-state index contributed by atoms with van der Waals surface area (Å²) in [5.74, 6) is 2.17. The van der Waals surface area contributed by atoms with Gasteiger partial charge in [-0.1, -0.05) is 13.0 Å². The van der Waals surface area contributed by atoms with E-state index in [1.807, 2.05) is 23.1 Å². The minimum Gasteiger partial charge on any atom is -0.482 e. The van der Waals surface area contributed by atoms with Gasteiger partial charge in [0.15, 0.2) is 6.61 Å². The van der Waals surface area contributed by atoms with Crippen LogP contribution in [0.5, 0.6) is 17.2 Å². The van der Waals surface area contributed by atoms with Gasteiger partial charge in [0.05, 0.1) is 12.2 Å². The SMILES string of the molecule is CC1CCN(C(=O)COc2cc(Oc3ccc4c(c3)CO[B]4)ccc2C#N)CC1. The first-order chi connectivity index (χ1) is 14.1. The van der Waals surface area contributed by atoms with Gasteiger partial charge in [-0.25, -0.2) is 0 Å². The van der Waals surface area contributed by atoms with Crippen molar-refractivity contribution in [2.24, 2.45) is 5.92 Å². The van der Waals surface area contributed by atoms with Crippen LogP contribution in [0.3, 0.4) is 0 Å². The Kier molecular flexibility index (Phi) is 5.73. The van der Waals surface area contributed by atoms with Gasteiger partial charge in [-0.05, 0) is 54.1 Å². The van der Waals surface area contributed by atoms with Gasteiger partial charge in [-0.2, -0.15) is 5.26 Å². The standard InChI is InChI=1S/C22H22BN2O4/c1-15-6-8-25(9-7-15)22(26)14-27-21-11-19(3-2-16(21)12-24)29-18-4-5-20-17(10-18)13-28-23-20/h2-5,10-11,15H,6-9,13-14H2,1H3. The number of likely N-dealkylation sites (tertiary alicyclic amines) is 1. The maximum Gasteiger partial charge on any atom is 0.330 e. The van der Waals surface area contributed by atoms with Crippen LogP contribution in [0.15, 0.2) is 36.4 Å². The number of fused-ring (bicyclic) bond motifs is 1. The Balaban J connectivity index is 1.43. The molecule has 0 N–H and O–H groups in total. The second-order valence-electron chi connectivity index (χ2n) is 7.51. The second kappa shape index (κ2) is 8.58. The number of ether oxygens (including phenoxy) is 2. The lowest BCUT2D eigenvalue weighted by Gasteiger charge is -2.30. The topological polar surface area (TPSA) is 71.8 Å². The number of hydrogen-bond donors (Lipinski definition) is 0. The van der Waals surface area contributed by atoms with Crippen LogP contribution in [0.2, 0.25) is 0 Å². The van der Waals surface area contributed by atoms with Gasteiger partial charge in [0.2, 0.25) is 0 Å². The Morgan fingerprint density at radius 3 is 2.79 bits per heavy atom. The summed E-state index contributed by atoms with van der Waals surface area (Å²) in [5, 5.41) is 9.36. The van der Waals surface area contributed by atoms with Crippen LogP contribution in [0.4, 0.5) is 0 Å². The first-order valence-corrected chi connectivity index (χ1v) is 9.82. The lowest BCUT2D eigenvalue weighted by Crippen LogP contribution is -2.40. The highest BCUT2D eigenvalue weighted by molar-refractivity contribution is 6.48. The molecule has 0 bridgehead atoms. The summed E-state index contributed by atoms with van der Waals surface area (Å²) in [6, 6.07) is 12.8. The summed E-state index contributed by atoms with van der Waals surface area (Å²) in [6.07, 6.45) is 2.03. The molecule has 147 valence electrons. The number of rotatable bonds is 5. The molecule has 1 amide bonds. The smallest absolute Gasteiger partial charge is 0.330 e. The Morgan fingerprint density at radius 2 is 2.00 bits per heavy atom. The fourth-order valence-electron chi connectivity index (χ4n) is 3.51. The predicted octanol–water partition coefficient (Wildman–Crippen LogP) is 2.76. The molecule has 2 aromatic rings. The van der Waals surface area contributed by atoms with Gasteiger partial charge in [-0.3, -0.25) is 4.79 Å². The van der Waals surface area contributed by atoms with Crippen molar-refractivity contribution in [3.05, 3.63) is 47.5 Å². The van der Waals surface area contributed by atoms with Crippen LogP contribution < -0.4 is 14.9 Å². The van der Waals surface area contributed by atoms with Crippen LogP contribution in [-0.2, 0) is 16.1 Å². The summed E-state index contributed by atoms with van der Waals surface area (Å²) in [4.78, 5) is 14.3. The van der Waals surface area contributed by atoms with Crippen molar-refractivity contribution in [2.45, 2.75) is 26.4 Å². The fraction of sp³-hybridized carbons (Fsp3) is 0.364. The highest BCUT2D eigenvalue weighted by Gasteiger charge is 2.21. The summed E-state index contributed by atoms with van der Waals surface area (Å²) in [7, 11) is 1.73. The molecule has 1 fully saturated rings. The third-order valence-electron chi connectivity index (χ3n) is 5.36. The molecule has 1 radical (unpaired) electrons. The molecule has 0 saturated carbocycles. The summed E-state index contributed by atoms with van der Waals surface area (Å²) in [5.41, 5.74) is 2.48. The highest BCUT2D eigenvalue weighted by Crippen LogP contribution is 2.29. The maximum atomic E-state index is 12.4. The lowest BCUT2D eigenvalue weighted by atomic mass is 9.87. The van der Waals surface area contributed by atoms with Crippen molar-refractivity contribution in [3.8, 4) is 23.3 Å². The minimum absolute atomic E-state index is 0.0537. The van der Waals surface area contributed by atoms with Crippen LogP contribution in [0.25, 0.3) is 0 Å². The molecule has 0 spiro atoms. The molecule has 2 aliphatic heterocycles. The van der Waals surface area contributed by atoms with E-state index in [0.29, 0.717) is 35.3 Å². The van der Waals surface area contributed by atoms with E-state index in [9.17, 15) is 10.1 Å². The van der Waals surface area contributed by atoms with Gasteiger partial charge in [0, 0.05) is 19.2 Å². The van der Waals surface area contributed by atoms with Crippen LogP contribution >= 0.6 is 0 Å². The van der Waals surface area contributed by atoms with Crippen LogP contribution in [0, 0.1) is 17.2 Å². The molecule has 7 heteroatoms. The van der Waals surface area contributed by atoms with E-state index >= 15 is 0 Å². The number of hydrogen-bond acceptors (Lipinski definition) is 5. The molecule has 0 atom stereocenters. The van der Waals surface area contributed by atoms with Gasteiger partial charge in [0.25, 0.3) is 5.91 Å². The first kappa shape index (κ1) is 19.3. The number of nitriles is 1. The molecule has 0 unspecified atom stereocenters. The Morgan fingerprint density at radius 1 is 1.24 bits per heavy atom. The van der Waals surface area contributed by atoms with Crippen molar-refractivity contribution < 1.29 is 18.9 Å². The van der Waals surface area contributed by atoms with E-state index in [-0.39, 0.29) is 12.5 Å². The van der Waals surface area contributed by atoms with E-state index in [2.05, 4.69) is 13.0 Å². The van der Waals surface area contributed by atoms with E-state index in [0.717, 1.165) is 37.0 Å². The Bertz CT molecular complexity index is 948. The largest absolute Gasteiger partial charge is 0.482 e. The van der Waals surface area contributed by atoms with Crippen molar-refractivity contribution in [1.82, 2.24) is 4.90 Å². The fourth-order valence-corrected chi connectivity index (χ4v) is 3.51. The third-order valence-corrected chi connectivity index (χ3v) is 5.36. The molecule has 29 heavy (non-hydrogen) atoms. The molecule has 2 heterocycles. The van der Waals surface area contributed by atoms with E-state index in [1.54, 1.807) is 25.7 Å². The number of nitrogens with zero attached hydrogens (tertiary/aromatic N) is 2. The van der Waals surface area contributed by atoms with Gasteiger partial charge < -0.3 is 19.0 Å². The van der Waals surface area contributed by atoms with E-state index in [1.165, 1.54) is 0 Å². The van der Waals surface area contributed by atoms with Crippen LogP contribution in [-0.4, -0.2) is 38.0 Å². The number of carbonyl (C=O) groups is 1. The van der Waals surface area contributed by atoms with Crippen molar-refractivity contribution >= 4 is 18.9 Å². The first-order valence-electron chi connectivity index (χ1n) is 9.82. The Labute approximate surface area is 171 Å². The highest BCUT2D eigenvalue weighted by atomic mass is 16.5. The molecular weight excluding hydrogens is 367 g/mol. The zero-order valence-electron chi connectivity index (χ0n) is 16.4. The average molecular weight is 389 g/mol. The average Bonchev–Trinajstić information content (AvgIpc) is 3.20. The van der Waals surface area contributed by atoms with Crippen molar-refractivity contribution in [3.63, 3.8) is 0 Å². The monoisotopic (exact) mass is 389 g/mol. The van der Waals surface area contributed by atoms with E-state index < -0.39 is 0 Å². The number of amides is 1. The molecule has 1 saturated heterocycles. The molecule has 4 rings (SSSR count). The minimum atomic E-state index is -0.0848. The van der Waals surface area contributed by atoms with Gasteiger partial charge >= 0.3 is 7.48 Å². The van der Waals surface area contributed by atoms with Crippen molar-refractivity contribution in [2.75, 3.05) is 19.7 Å². The molecule has 2 aromatic carbocycles. The zero-order valence-corrected chi connectivity index (χ0v) is 16.4. The molecule has 0 aliphatic carbocycles. The second-order valence-corrected chi connectivity index (χ2v) is 7.51. The lowest BCUT2D eigenvalue weighted by molar-refractivity contribution is -0.134. The summed E-state index contributed by atoms with van der Waals surface area (Å²) in [6.45, 7) is 4.17. The number of benzene rings is 2. The summed E-state index contributed by atoms with van der Waals surface area (Å²) >= 11 is 0. The molecule has 2 aliphatic rings. The number of carbonyl (C=O) groups excluding carboxylic acids is 1. The summed E-state index contributed by atoms with van der Waals surface area (Å²) < 4.78 is 16.9. The maximum absolute atomic E-state index is 12.4. The normalized spacial score (nSPS) is 15.9. The molecule has 6 nitrogen and oxygen atoms in total. The molecule has 0 aromatic heterocycles. The van der Waals surface area contributed by atoms with Gasteiger partial charge in [-0.15, -0.1) is 0 Å². The van der Waals surface area contributed by atoms with E-state index in [4.69, 9.17) is 14.1 Å². The quantitative estimate of drug-likeness (QED) is 0.736. The van der Waals surface area contributed by atoms with Gasteiger partial charge in [0.1, 0.15) is 23.3 Å². The van der Waals surface area contributed by atoms with Crippen LogP contribution in [0.1, 0.15) is 30.9 Å². The van der Waals surface area contributed by atoms with Crippen molar-refractivity contribution in [1.29, 1.82) is 5.26 Å². The molecular formula is C22H22BN2O4.